The Bertz CT molecular complexity index is 1430. The van der Waals surface area contributed by atoms with Gasteiger partial charge < -0.3 is 20.3 Å². The minimum absolute atomic E-state index is 0.267. The predicted octanol–water partition coefficient (Wildman–Crippen LogP) is 4.67. The highest BCUT2D eigenvalue weighted by Gasteiger charge is 2.14. The normalized spacial score (nSPS) is 10.2. The first-order chi connectivity index (χ1) is 17.1. The van der Waals surface area contributed by atoms with Crippen LogP contribution < -0.4 is 11.3 Å². The maximum absolute atomic E-state index is 12.0. The number of imidazole rings is 2. The van der Waals surface area contributed by atoms with E-state index in [-0.39, 0.29) is 5.56 Å². The van der Waals surface area contributed by atoms with Gasteiger partial charge in [-0.2, -0.15) is 0 Å². The number of terminal acetylenes is 1. The highest BCUT2D eigenvalue weighted by atomic mass is 16.1. The van der Waals surface area contributed by atoms with Crippen molar-refractivity contribution in [1.82, 2.24) is 29.5 Å². The van der Waals surface area contributed by atoms with Crippen molar-refractivity contribution in [2.75, 3.05) is 5.73 Å². The van der Waals surface area contributed by atoms with Gasteiger partial charge in [-0.1, -0.05) is 13.3 Å². The number of nitrogens with zero attached hydrogens (tertiary/aromatic N) is 4. The van der Waals surface area contributed by atoms with Gasteiger partial charge in [-0.25, -0.2) is 9.97 Å². The molecule has 178 valence electrons. The van der Waals surface area contributed by atoms with Crippen molar-refractivity contribution < 1.29 is 0 Å². The van der Waals surface area contributed by atoms with Crippen LogP contribution in [-0.4, -0.2) is 29.5 Å². The summed E-state index contributed by atoms with van der Waals surface area (Å²) < 4.78 is 1.91. The topological polar surface area (TPSA) is 118 Å². The monoisotopic (exact) mass is 467 g/mol. The number of H-pyrrole nitrogens is 2. The fourth-order valence-electron chi connectivity index (χ4n) is 3.62. The lowest BCUT2D eigenvalue weighted by molar-refractivity contribution is 0.794. The largest absolute Gasteiger partial charge is 0.398 e. The van der Waals surface area contributed by atoms with Crippen LogP contribution in [0.1, 0.15) is 30.9 Å². The number of anilines is 1. The van der Waals surface area contributed by atoms with Gasteiger partial charge in [0.05, 0.1) is 17.4 Å². The third-order valence-electron chi connectivity index (χ3n) is 5.36. The van der Waals surface area contributed by atoms with E-state index in [4.69, 9.17) is 5.73 Å². The predicted molar refractivity (Wildman–Crippen MR) is 141 cm³/mol. The van der Waals surface area contributed by atoms with Crippen LogP contribution in [0.15, 0.2) is 72.4 Å². The molecule has 5 rings (SSSR count). The van der Waals surface area contributed by atoms with E-state index < -0.39 is 0 Å². The van der Waals surface area contributed by atoms with Crippen molar-refractivity contribution in [2.45, 2.75) is 33.1 Å². The second-order valence-corrected chi connectivity index (χ2v) is 7.81. The minimum Gasteiger partial charge on any atom is -0.398 e. The van der Waals surface area contributed by atoms with E-state index in [1.54, 1.807) is 18.6 Å². The molecule has 0 unspecified atom stereocenters. The van der Waals surface area contributed by atoms with Crippen molar-refractivity contribution in [1.29, 1.82) is 0 Å². The summed E-state index contributed by atoms with van der Waals surface area (Å²) in [7, 11) is 0. The van der Waals surface area contributed by atoms with Crippen LogP contribution >= 0.6 is 0 Å². The Morgan fingerprint density at radius 3 is 2.51 bits per heavy atom. The Labute approximate surface area is 204 Å². The highest BCUT2D eigenvalue weighted by Crippen LogP contribution is 2.26. The second kappa shape index (κ2) is 12.0. The van der Waals surface area contributed by atoms with Crippen LogP contribution in [-0.2, 0) is 6.42 Å². The van der Waals surface area contributed by atoms with Crippen LogP contribution in [0.5, 0.6) is 0 Å². The summed E-state index contributed by atoms with van der Waals surface area (Å²) in [5.74, 6) is 0.463. The molecule has 0 radical (unpaired) electrons. The molecule has 4 N–H and O–H groups in total. The number of fused-ring (bicyclic) bond motifs is 1. The number of pyridine rings is 2. The highest BCUT2D eigenvalue weighted by molar-refractivity contribution is 5.86. The van der Waals surface area contributed by atoms with Gasteiger partial charge >= 0.3 is 0 Å². The lowest BCUT2D eigenvalue weighted by Gasteiger charge is -2.03. The van der Waals surface area contributed by atoms with Crippen LogP contribution in [0.2, 0.25) is 0 Å². The van der Waals surface area contributed by atoms with E-state index >= 15 is 0 Å². The maximum atomic E-state index is 12.0. The quantitative estimate of drug-likeness (QED) is 0.325. The van der Waals surface area contributed by atoms with E-state index in [2.05, 4.69) is 56.8 Å². The zero-order chi connectivity index (χ0) is 25.2. The third kappa shape index (κ3) is 6.03. The minimum atomic E-state index is -0.267. The summed E-state index contributed by atoms with van der Waals surface area (Å²) in [4.78, 5) is 30.4. The van der Waals surface area contributed by atoms with Gasteiger partial charge in [-0.3, -0.25) is 9.78 Å². The zero-order valence-electron chi connectivity index (χ0n) is 19.9. The maximum Gasteiger partial charge on any atom is 0.261 e. The molecule has 4 aromatic heterocycles. The zero-order valence-corrected chi connectivity index (χ0v) is 19.9. The average molecular weight is 468 g/mol. The van der Waals surface area contributed by atoms with E-state index in [0.29, 0.717) is 17.1 Å². The number of hydrogen-bond acceptors (Lipinski definition) is 5. The van der Waals surface area contributed by atoms with Gasteiger partial charge in [0.25, 0.3) is 5.56 Å². The van der Waals surface area contributed by atoms with Crippen LogP contribution in [0.4, 0.5) is 5.69 Å². The summed E-state index contributed by atoms with van der Waals surface area (Å²) in [5, 5.41) is 0. The molecule has 0 atom stereocenters. The number of nitrogens with two attached hydrogens (primary N) is 1. The summed E-state index contributed by atoms with van der Waals surface area (Å²) in [6.45, 7) is 4.19. The molecule has 0 saturated heterocycles. The van der Waals surface area contributed by atoms with Crippen molar-refractivity contribution in [3.8, 4) is 29.9 Å². The van der Waals surface area contributed by atoms with Crippen molar-refractivity contribution in [3.63, 3.8) is 0 Å². The number of benzene rings is 1. The molecule has 1 aromatic carbocycles. The summed E-state index contributed by atoms with van der Waals surface area (Å²) in [5.41, 5.74) is 11.4. The lowest BCUT2D eigenvalue weighted by atomic mass is 10.1. The molecule has 8 heteroatoms. The first-order valence-electron chi connectivity index (χ1n) is 11.2. The Kier molecular flexibility index (Phi) is 8.57. The van der Waals surface area contributed by atoms with Gasteiger partial charge in [0.15, 0.2) is 0 Å². The molecule has 0 fully saturated rings. The number of aromatic nitrogens is 6. The smallest absolute Gasteiger partial charge is 0.261 e. The van der Waals surface area contributed by atoms with Crippen LogP contribution in [0.25, 0.3) is 28.1 Å². The standard InChI is InChI=1S/C16H14N6O.C9H13N.C2H2/c1-9-6-10(22-5-4-18-8-22)7-12-14(9)21-15(20-12)13-11(17)2-3-19-16(13)23;1-2-3-4-9-5-7-10-8-6-9;1-2/h2-8H,1H3,(H,20,21)(H3,17,19,23);5-8H,2-4H2,1H3;1-2H. The van der Waals surface area contributed by atoms with Crippen molar-refractivity contribution >= 4 is 16.7 Å². The van der Waals surface area contributed by atoms with Gasteiger partial charge in [0.2, 0.25) is 0 Å². The fourth-order valence-corrected chi connectivity index (χ4v) is 3.62. The number of rotatable bonds is 5. The SMILES string of the molecule is C#C.CCCCc1ccncc1.Cc1cc(-n2ccnc2)cc2[nH]c(-c3c(N)cc[nH]c3=O)nc12. The van der Waals surface area contributed by atoms with Crippen LogP contribution in [0.3, 0.4) is 0 Å². The van der Waals surface area contributed by atoms with Gasteiger partial charge in [0.1, 0.15) is 11.4 Å². The third-order valence-corrected chi connectivity index (χ3v) is 5.36. The number of nitrogens with one attached hydrogen (secondary N) is 2. The van der Waals surface area contributed by atoms with E-state index in [9.17, 15) is 4.79 Å². The Morgan fingerprint density at radius 1 is 1.09 bits per heavy atom. The van der Waals surface area contributed by atoms with Gasteiger partial charge in [-0.15, -0.1) is 12.8 Å². The Morgan fingerprint density at radius 2 is 1.86 bits per heavy atom. The molecule has 0 bridgehead atoms. The molecule has 0 spiro atoms. The van der Waals surface area contributed by atoms with E-state index in [0.717, 1.165) is 22.3 Å². The summed E-state index contributed by atoms with van der Waals surface area (Å²) in [6.07, 6.45) is 22.3. The fraction of sp³-hybridized carbons (Fsp3) is 0.185. The van der Waals surface area contributed by atoms with Gasteiger partial charge in [0, 0.05) is 42.4 Å². The van der Waals surface area contributed by atoms with E-state index in [1.165, 1.54) is 31.0 Å². The average Bonchev–Trinajstić information content (AvgIpc) is 3.56. The molecule has 8 nitrogen and oxygen atoms in total. The van der Waals surface area contributed by atoms with Crippen molar-refractivity contribution in [2.24, 2.45) is 0 Å². The lowest BCUT2D eigenvalue weighted by Crippen LogP contribution is -2.11. The number of aryl methyl sites for hydroxylation is 2. The molecule has 5 aromatic rings. The van der Waals surface area contributed by atoms with Crippen molar-refractivity contribution in [3.05, 3.63) is 89.1 Å². The molecule has 0 amide bonds. The number of nitrogen functional groups attached to an aromatic ring is 1. The first kappa shape index (κ1) is 25.0. The molecule has 0 aliphatic heterocycles. The summed E-state index contributed by atoms with van der Waals surface area (Å²) >= 11 is 0. The molecule has 0 saturated carbocycles. The molecule has 0 aliphatic carbocycles. The molecule has 35 heavy (non-hydrogen) atoms. The second-order valence-electron chi connectivity index (χ2n) is 7.81. The summed E-state index contributed by atoms with van der Waals surface area (Å²) in [6, 6.07) is 9.79. The molecule has 0 aliphatic rings. The number of unbranched alkanes of at least 4 members (excludes halogenated alkanes) is 1. The molecular formula is C27H29N7O. The Balaban J connectivity index is 0.000000240. The molecule has 4 heterocycles. The van der Waals surface area contributed by atoms with E-state index in [1.807, 2.05) is 42.2 Å². The molecular weight excluding hydrogens is 438 g/mol. The first-order valence-corrected chi connectivity index (χ1v) is 11.2. The van der Waals surface area contributed by atoms with Crippen LogP contribution in [0, 0.1) is 19.8 Å². The Hall–Kier alpha value is -4.64. The van der Waals surface area contributed by atoms with Gasteiger partial charge in [-0.05, 0) is 61.2 Å². The number of hydrogen-bond donors (Lipinski definition) is 3. The number of aromatic amines is 2.